The fraction of sp³-hybridized carbons (Fsp3) is 0.917. The molecule has 3 heteroatoms. The van der Waals surface area contributed by atoms with Crippen molar-refractivity contribution in [2.75, 3.05) is 7.05 Å². The van der Waals surface area contributed by atoms with Crippen LogP contribution in [0.25, 0.3) is 0 Å². The second-order valence-corrected chi connectivity index (χ2v) is 5.47. The molecular weight excluding hydrogens is 188 g/mol. The fourth-order valence-electron chi connectivity index (χ4n) is 2.48. The number of hydrogen-bond acceptors (Lipinski definition) is 2. The van der Waals surface area contributed by atoms with Gasteiger partial charge in [0, 0.05) is 13.1 Å². The number of likely N-dealkylation sites (N-methyl/N-ethyl adjacent to an activating group) is 1. The monoisotopic (exact) mass is 212 g/mol. The third-order valence-electron chi connectivity index (χ3n) is 3.44. The van der Waals surface area contributed by atoms with E-state index in [1.54, 1.807) is 13.8 Å². The van der Waals surface area contributed by atoms with Crippen LogP contribution in [0.3, 0.4) is 0 Å². The van der Waals surface area contributed by atoms with Crippen LogP contribution in [0, 0.1) is 5.92 Å². The molecule has 0 bridgehead atoms. The van der Waals surface area contributed by atoms with E-state index in [1.165, 1.54) is 19.3 Å². The van der Waals surface area contributed by atoms with Gasteiger partial charge >= 0.3 is 0 Å². The molecule has 0 aromatic carbocycles. The summed E-state index contributed by atoms with van der Waals surface area (Å²) >= 11 is 0. The molecule has 0 aromatic heterocycles. The fourth-order valence-corrected chi connectivity index (χ4v) is 2.48. The van der Waals surface area contributed by atoms with Crippen LogP contribution in [-0.2, 0) is 4.79 Å². The quantitative estimate of drug-likeness (QED) is 0.758. The van der Waals surface area contributed by atoms with Crippen molar-refractivity contribution in [2.24, 2.45) is 11.7 Å². The molecule has 15 heavy (non-hydrogen) atoms. The Labute approximate surface area is 93.0 Å². The number of rotatable bonds is 2. The standard InChI is InChI=1S/C12H24N2O/c1-9-7-5-6-8-10(9)14(4)11(15)12(2,3)13/h9-10H,5-8,13H2,1-4H3. The van der Waals surface area contributed by atoms with Crippen LogP contribution in [0.15, 0.2) is 0 Å². The third kappa shape index (κ3) is 2.94. The minimum Gasteiger partial charge on any atom is -0.341 e. The third-order valence-corrected chi connectivity index (χ3v) is 3.44. The molecule has 0 aromatic rings. The van der Waals surface area contributed by atoms with Gasteiger partial charge in [-0.25, -0.2) is 0 Å². The van der Waals surface area contributed by atoms with E-state index in [0.717, 1.165) is 6.42 Å². The lowest BCUT2D eigenvalue weighted by Gasteiger charge is -2.38. The molecule has 88 valence electrons. The van der Waals surface area contributed by atoms with Crippen molar-refractivity contribution in [3.63, 3.8) is 0 Å². The largest absolute Gasteiger partial charge is 0.341 e. The second-order valence-electron chi connectivity index (χ2n) is 5.47. The molecule has 0 heterocycles. The second kappa shape index (κ2) is 4.52. The van der Waals surface area contributed by atoms with Gasteiger partial charge in [-0.1, -0.05) is 19.8 Å². The van der Waals surface area contributed by atoms with Gasteiger partial charge in [0.15, 0.2) is 0 Å². The normalized spacial score (nSPS) is 27.5. The summed E-state index contributed by atoms with van der Waals surface area (Å²) in [6, 6.07) is 0.383. The Morgan fingerprint density at radius 3 is 2.33 bits per heavy atom. The summed E-state index contributed by atoms with van der Waals surface area (Å²) in [6.45, 7) is 5.79. The molecule has 2 atom stereocenters. The molecular formula is C12H24N2O. The molecule has 1 aliphatic rings. The highest BCUT2D eigenvalue weighted by molar-refractivity contribution is 5.85. The topological polar surface area (TPSA) is 46.3 Å². The molecule has 1 saturated carbocycles. The lowest BCUT2D eigenvalue weighted by Crippen LogP contribution is -2.54. The number of amides is 1. The number of hydrogen-bond donors (Lipinski definition) is 1. The van der Waals surface area contributed by atoms with Gasteiger partial charge in [-0.15, -0.1) is 0 Å². The minimum atomic E-state index is -0.744. The highest BCUT2D eigenvalue weighted by Crippen LogP contribution is 2.28. The molecule has 0 radical (unpaired) electrons. The van der Waals surface area contributed by atoms with Crippen molar-refractivity contribution in [1.29, 1.82) is 0 Å². The average molecular weight is 212 g/mol. The van der Waals surface area contributed by atoms with Gasteiger partial charge in [-0.3, -0.25) is 4.79 Å². The lowest BCUT2D eigenvalue weighted by atomic mass is 9.84. The van der Waals surface area contributed by atoms with Gasteiger partial charge in [0.1, 0.15) is 0 Å². The van der Waals surface area contributed by atoms with Crippen LogP contribution in [-0.4, -0.2) is 29.4 Å². The molecule has 0 aliphatic heterocycles. The Kier molecular flexibility index (Phi) is 3.77. The number of carbonyl (C=O) groups excluding carboxylic acids is 1. The summed E-state index contributed by atoms with van der Waals surface area (Å²) in [5.74, 6) is 0.663. The van der Waals surface area contributed by atoms with Gasteiger partial charge in [0.2, 0.25) is 5.91 Å². The molecule has 1 fully saturated rings. The summed E-state index contributed by atoms with van der Waals surface area (Å²) in [4.78, 5) is 13.9. The minimum absolute atomic E-state index is 0.0567. The molecule has 2 unspecified atom stereocenters. The Balaban J connectivity index is 2.66. The first-order valence-corrected chi connectivity index (χ1v) is 5.90. The van der Waals surface area contributed by atoms with Gasteiger partial charge in [-0.2, -0.15) is 0 Å². The number of carbonyl (C=O) groups is 1. The number of nitrogens with zero attached hydrogens (tertiary/aromatic N) is 1. The van der Waals surface area contributed by atoms with Crippen LogP contribution in [0.2, 0.25) is 0 Å². The van der Waals surface area contributed by atoms with Crippen LogP contribution >= 0.6 is 0 Å². The van der Waals surface area contributed by atoms with E-state index >= 15 is 0 Å². The lowest BCUT2D eigenvalue weighted by molar-refractivity contribution is -0.138. The first kappa shape index (κ1) is 12.5. The Morgan fingerprint density at radius 2 is 1.87 bits per heavy atom. The van der Waals surface area contributed by atoms with E-state index < -0.39 is 5.54 Å². The molecule has 1 rings (SSSR count). The molecule has 1 amide bonds. The van der Waals surface area contributed by atoms with E-state index in [0.29, 0.717) is 12.0 Å². The van der Waals surface area contributed by atoms with Gasteiger partial charge in [-0.05, 0) is 32.6 Å². The predicted molar refractivity (Wildman–Crippen MR) is 62.5 cm³/mol. The van der Waals surface area contributed by atoms with E-state index in [1.807, 2.05) is 11.9 Å². The Morgan fingerprint density at radius 1 is 1.33 bits per heavy atom. The smallest absolute Gasteiger partial charge is 0.242 e. The predicted octanol–water partition coefficient (Wildman–Crippen LogP) is 1.76. The Hall–Kier alpha value is -0.570. The van der Waals surface area contributed by atoms with E-state index in [9.17, 15) is 4.79 Å². The summed E-state index contributed by atoms with van der Waals surface area (Å²) in [6.07, 6.45) is 4.89. The first-order chi connectivity index (χ1) is 6.84. The molecule has 2 N–H and O–H groups in total. The zero-order valence-electron chi connectivity index (χ0n) is 10.4. The highest BCUT2D eigenvalue weighted by Gasteiger charge is 2.33. The van der Waals surface area contributed by atoms with E-state index in [4.69, 9.17) is 5.73 Å². The maximum absolute atomic E-state index is 12.0. The summed E-state index contributed by atoms with van der Waals surface area (Å²) in [5.41, 5.74) is 5.10. The average Bonchev–Trinajstić information content (AvgIpc) is 2.15. The van der Waals surface area contributed by atoms with Crippen molar-refractivity contribution in [3.05, 3.63) is 0 Å². The van der Waals surface area contributed by atoms with Crippen molar-refractivity contribution in [1.82, 2.24) is 4.90 Å². The van der Waals surface area contributed by atoms with E-state index in [2.05, 4.69) is 6.92 Å². The molecule has 0 saturated heterocycles. The van der Waals surface area contributed by atoms with Gasteiger partial charge in [0.05, 0.1) is 5.54 Å². The molecule has 3 nitrogen and oxygen atoms in total. The zero-order valence-corrected chi connectivity index (χ0v) is 10.4. The molecule has 0 spiro atoms. The van der Waals surface area contributed by atoms with Crippen LogP contribution in [0.1, 0.15) is 46.5 Å². The van der Waals surface area contributed by atoms with Crippen LogP contribution < -0.4 is 5.73 Å². The summed E-state index contributed by atoms with van der Waals surface area (Å²) in [7, 11) is 1.89. The van der Waals surface area contributed by atoms with Crippen molar-refractivity contribution < 1.29 is 4.79 Å². The van der Waals surface area contributed by atoms with Gasteiger partial charge < -0.3 is 10.6 Å². The molecule has 1 aliphatic carbocycles. The van der Waals surface area contributed by atoms with E-state index in [-0.39, 0.29) is 5.91 Å². The summed E-state index contributed by atoms with van der Waals surface area (Å²) in [5, 5.41) is 0. The SMILES string of the molecule is CC1CCCCC1N(C)C(=O)C(C)(C)N. The van der Waals surface area contributed by atoms with Gasteiger partial charge in [0.25, 0.3) is 0 Å². The summed E-state index contributed by atoms with van der Waals surface area (Å²) < 4.78 is 0. The van der Waals surface area contributed by atoms with Crippen LogP contribution in [0.4, 0.5) is 0 Å². The maximum atomic E-state index is 12.0. The van der Waals surface area contributed by atoms with Crippen molar-refractivity contribution >= 4 is 5.91 Å². The Bertz CT molecular complexity index is 232. The zero-order chi connectivity index (χ0) is 11.6. The number of nitrogens with two attached hydrogens (primary N) is 1. The van der Waals surface area contributed by atoms with Crippen molar-refractivity contribution in [2.45, 2.75) is 58.0 Å². The highest BCUT2D eigenvalue weighted by atomic mass is 16.2. The van der Waals surface area contributed by atoms with Crippen LogP contribution in [0.5, 0.6) is 0 Å². The van der Waals surface area contributed by atoms with Crippen molar-refractivity contribution in [3.8, 4) is 0 Å². The maximum Gasteiger partial charge on any atom is 0.242 e. The first-order valence-electron chi connectivity index (χ1n) is 5.90.